The normalized spacial score (nSPS) is 18.2. The summed E-state index contributed by atoms with van der Waals surface area (Å²) in [6, 6.07) is 14.5. The number of hydrogen-bond acceptors (Lipinski definition) is 3. The maximum atomic E-state index is 14.9. The van der Waals surface area contributed by atoms with E-state index in [-0.39, 0.29) is 30.6 Å². The van der Waals surface area contributed by atoms with Crippen molar-refractivity contribution in [3.63, 3.8) is 0 Å². The molecule has 0 unspecified atom stereocenters. The van der Waals surface area contributed by atoms with Crippen LogP contribution in [-0.2, 0) is 6.61 Å². The molecule has 1 saturated carbocycles. The van der Waals surface area contributed by atoms with Crippen LogP contribution >= 0.6 is 0 Å². The SMILES string of the molecule is COc1ccc(COc2ccc(-c3ccc(C4CCC(CO)CC4)c(F)c3F)cc2)c(F)c1. The lowest BCUT2D eigenvalue weighted by molar-refractivity contribution is 0.181. The van der Waals surface area contributed by atoms with Gasteiger partial charge in [-0.2, -0.15) is 0 Å². The molecular weight excluding hydrogens is 429 g/mol. The molecule has 0 heterocycles. The molecule has 3 nitrogen and oxygen atoms in total. The molecule has 0 atom stereocenters. The van der Waals surface area contributed by atoms with E-state index < -0.39 is 17.5 Å². The summed E-state index contributed by atoms with van der Waals surface area (Å²) in [5.74, 6) is -0.916. The molecule has 0 aliphatic heterocycles. The van der Waals surface area contributed by atoms with Gasteiger partial charge in [0, 0.05) is 23.8 Å². The molecule has 6 heteroatoms. The molecule has 1 aliphatic carbocycles. The van der Waals surface area contributed by atoms with Crippen molar-refractivity contribution < 1.29 is 27.8 Å². The monoisotopic (exact) mass is 456 g/mol. The van der Waals surface area contributed by atoms with Crippen LogP contribution in [0, 0.1) is 23.4 Å². The predicted molar refractivity (Wildman–Crippen MR) is 121 cm³/mol. The van der Waals surface area contributed by atoms with E-state index in [0.29, 0.717) is 28.2 Å². The molecule has 0 amide bonds. The molecule has 0 radical (unpaired) electrons. The molecule has 174 valence electrons. The third-order valence-electron chi connectivity index (χ3n) is 6.48. The number of aliphatic hydroxyl groups is 1. The quantitative estimate of drug-likeness (QED) is 0.434. The van der Waals surface area contributed by atoms with Crippen molar-refractivity contribution in [2.75, 3.05) is 13.7 Å². The van der Waals surface area contributed by atoms with Crippen LogP contribution in [-0.4, -0.2) is 18.8 Å². The summed E-state index contributed by atoms with van der Waals surface area (Å²) in [5.41, 5.74) is 1.52. The van der Waals surface area contributed by atoms with Gasteiger partial charge in [0.15, 0.2) is 11.6 Å². The molecule has 1 aliphatic rings. The molecular formula is C27H27F3O3. The highest BCUT2D eigenvalue weighted by atomic mass is 19.2. The topological polar surface area (TPSA) is 38.7 Å². The number of benzene rings is 3. The van der Waals surface area contributed by atoms with E-state index >= 15 is 0 Å². The summed E-state index contributed by atoms with van der Waals surface area (Å²) in [4.78, 5) is 0. The van der Waals surface area contributed by atoms with Gasteiger partial charge < -0.3 is 14.6 Å². The zero-order chi connectivity index (χ0) is 23.4. The van der Waals surface area contributed by atoms with Gasteiger partial charge in [0.1, 0.15) is 23.9 Å². The third-order valence-corrected chi connectivity index (χ3v) is 6.48. The molecule has 3 aromatic carbocycles. The molecule has 0 saturated heterocycles. The first-order valence-corrected chi connectivity index (χ1v) is 11.1. The van der Waals surface area contributed by atoms with Gasteiger partial charge in [0.2, 0.25) is 0 Å². The molecule has 4 rings (SSSR count). The smallest absolute Gasteiger partial charge is 0.166 e. The van der Waals surface area contributed by atoms with Gasteiger partial charge in [-0.25, -0.2) is 13.2 Å². The van der Waals surface area contributed by atoms with Crippen LogP contribution in [0.25, 0.3) is 11.1 Å². The average Bonchev–Trinajstić information content (AvgIpc) is 2.85. The summed E-state index contributed by atoms with van der Waals surface area (Å²) in [6.45, 7) is 0.183. The Morgan fingerprint density at radius 1 is 0.848 bits per heavy atom. The Bertz CT molecular complexity index is 1090. The van der Waals surface area contributed by atoms with Crippen LogP contribution in [0.1, 0.15) is 42.7 Å². The number of halogens is 3. The van der Waals surface area contributed by atoms with Crippen LogP contribution in [0.15, 0.2) is 54.6 Å². The Morgan fingerprint density at radius 2 is 1.55 bits per heavy atom. The number of hydrogen-bond donors (Lipinski definition) is 1. The second-order valence-corrected chi connectivity index (χ2v) is 8.50. The van der Waals surface area contributed by atoms with Crippen LogP contribution in [0.2, 0.25) is 0 Å². The predicted octanol–water partition coefficient (Wildman–Crippen LogP) is 6.62. The van der Waals surface area contributed by atoms with Gasteiger partial charge in [-0.3, -0.25) is 0 Å². The highest BCUT2D eigenvalue weighted by Gasteiger charge is 2.26. The first-order chi connectivity index (χ1) is 16.0. The summed E-state index contributed by atoms with van der Waals surface area (Å²) in [5, 5.41) is 9.29. The van der Waals surface area contributed by atoms with E-state index in [1.165, 1.54) is 13.2 Å². The first kappa shape index (κ1) is 23.2. The Labute approximate surface area is 191 Å². The summed E-state index contributed by atoms with van der Waals surface area (Å²) < 4.78 is 54.5. The van der Waals surface area contributed by atoms with Gasteiger partial charge in [0.25, 0.3) is 0 Å². The van der Waals surface area contributed by atoms with E-state index in [1.54, 1.807) is 48.5 Å². The van der Waals surface area contributed by atoms with Gasteiger partial charge in [-0.15, -0.1) is 0 Å². The van der Waals surface area contributed by atoms with E-state index in [4.69, 9.17) is 9.47 Å². The lowest BCUT2D eigenvalue weighted by Crippen LogP contribution is -2.17. The van der Waals surface area contributed by atoms with Crippen molar-refractivity contribution in [3.05, 3.63) is 83.2 Å². The van der Waals surface area contributed by atoms with Gasteiger partial charge in [-0.1, -0.05) is 24.3 Å². The summed E-state index contributed by atoms with van der Waals surface area (Å²) >= 11 is 0. The number of ether oxygens (including phenoxy) is 2. The second kappa shape index (κ2) is 10.3. The Hall–Kier alpha value is -2.99. The molecule has 1 N–H and O–H groups in total. The Kier molecular flexibility index (Phi) is 7.23. The van der Waals surface area contributed by atoms with Crippen LogP contribution in [0.3, 0.4) is 0 Å². The van der Waals surface area contributed by atoms with E-state index in [0.717, 1.165) is 25.7 Å². The molecule has 0 spiro atoms. The zero-order valence-electron chi connectivity index (χ0n) is 18.5. The Balaban J connectivity index is 1.45. The summed E-state index contributed by atoms with van der Waals surface area (Å²) in [7, 11) is 1.47. The van der Waals surface area contributed by atoms with E-state index in [2.05, 4.69) is 0 Å². The van der Waals surface area contributed by atoms with Crippen molar-refractivity contribution >= 4 is 0 Å². The van der Waals surface area contributed by atoms with E-state index in [9.17, 15) is 18.3 Å². The lowest BCUT2D eigenvalue weighted by Gasteiger charge is -2.28. The first-order valence-electron chi connectivity index (χ1n) is 11.1. The standard InChI is InChI=1S/C27H27F3O3/c1-32-22-11-8-20(25(28)14-22)16-33-21-9-6-19(7-10-21)24-13-12-23(26(29)27(24)30)18-4-2-17(15-31)3-5-18/h6-14,17-18,31H,2-5,15-16H2,1H3. The van der Waals surface area contributed by atoms with Crippen molar-refractivity contribution in [2.24, 2.45) is 5.92 Å². The number of aliphatic hydroxyl groups excluding tert-OH is 1. The van der Waals surface area contributed by atoms with E-state index in [1.807, 2.05) is 0 Å². The maximum Gasteiger partial charge on any atom is 0.166 e. The lowest BCUT2D eigenvalue weighted by atomic mass is 9.78. The minimum absolute atomic E-state index is 0.0227. The van der Waals surface area contributed by atoms with Crippen LogP contribution in [0.5, 0.6) is 11.5 Å². The fraction of sp³-hybridized carbons (Fsp3) is 0.333. The van der Waals surface area contributed by atoms with Crippen molar-refractivity contribution in [3.8, 4) is 22.6 Å². The van der Waals surface area contributed by atoms with Crippen LogP contribution in [0.4, 0.5) is 13.2 Å². The molecule has 0 bridgehead atoms. The number of methoxy groups -OCH3 is 1. The number of rotatable bonds is 7. The van der Waals surface area contributed by atoms with Gasteiger partial charge in [-0.05, 0) is 72.9 Å². The third kappa shape index (κ3) is 5.17. The summed E-state index contributed by atoms with van der Waals surface area (Å²) in [6.07, 6.45) is 3.15. The molecule has 1 fully saturated rings. The molecule has 3 aromatic rings. The fourth-order valence-corrected chi connectivity index (χ4v) is 4.42. The molecule has 0 aromatic heterocycles. The fourth-order valence-electron chi connectivity index (χ4n) is 4.42. The van der Waals surface area contributed by atoms with Gasteiger partial charge >= 0.3 is 0 Å². The molecule has 33 heavy (non-hydrogen) atoms. The highest BCUT2D eigenvalue weighted by Crippen LogP contribution is 2.39. The minimum atomic E-state index is -0.856. The van der Waals surface area contributed by atoms with Crippen molar-refractivity contribution in [2.45, 2.75) is 38.2 Å². The maximum absolute atomic E-state index is 14.9. The van der Waals surface area contributed by atoms with Crippen molar-refractivity contribution in [1.82, 2.24) is 0 Å². The zero-order valence-corrected chi connectivity index (χ0v) is 18.5. The van der Waals surface area contributed by atoms with Crippen molar-refractivity contribution in [1.29, 1.82) is 0 Å². The average molecular weight is 457 g/mol. The Morgan fingerprint density at radius 3 is 2.18 bits per heavy atom. The highest BCUT2D eigenvalue weighted by molar-refractivity contribution is 5.65. The van der Waals surface area contributed by atoms with Gasteiger partial charge in [0.05, 0.1) is 7.11 Å². The minimum Gasteiger partial charge on any atom is -0.497 e. The largest absolute Gasteiger partial charge is 0.497 e. The second-order valence-electron chi connectivity index (χ2n) is 8.50. The van der Waals surface area contributed by atoms with Crippen LogP contribution < -0.4 is 9.47 Å².